The van der Waals surface area contributed by atoms with Gasteiger partial charge in [0.15, 0.2) is 5.16 Å². The molecule has 0 saturated heterocycles. The van der Waals surface area contributed by atoms with E-state index in [2.05, 4.69) is 74.7 Å². The normalized spacial score (nSPS) is 14.6. The van der Waals surface area contributed by atoms with E-state index in [0.29, 0.717) is 11.7 Å². The van der Waals surface area contributed by atoms with Crippen LogP contribution in [-0.2, 0) is 13.0 Å². The van der Waals surface area contributed by atoms with E-state index in [1.165, 1.54) is 17.5 Å². The molecule has 0 bridgehead atoms. The Bertz CT molecular complexity index is 645. The van der Waals surface area contributed by atoms with E-state index in [4.69, 9.17) is 0 Å². The summed E-state index contributed by atoms with van der Waals surface area (Å²) in [5.41, 5.74) is 1.55. The number of hydrogen-bond acceptors (Lipinski definition) is 4. The topological polar surface area (TPSA) is 50.9 Å². The molecular formula is C19H29N3OS. The molecule has 1 heterocycles. The molecule has 5 heteroatoms. The van der Waals surface area contributed by atoms with Gasteiger partial charge in [-0.1, -0.05) is 57.0 Å². The molecule has 0 aliphatic carbocycles. The maximum Gasteiger partial charge on any atom is 0.183 e. The van der Waals surface area contributed by atoms with Gasteiger partial charge in [0, 0.05) is 0 Å². The molecule has 0 radical (unpaired) electrons. The first-order valence-electron chi connectivity index (χ1n) is 8.56. The van der Waals surface area contributed by atoms with E-state index in [1.54, 1.807) is 4.68 Å². The monoisotopic (exact) mass is 347 g/mol. The van der Waals surface area contributed by atoms with Crippen LogP contribution in [0.4, 0.5) is 0 Å². The zero-order chi connectivity index (χ0) is 17.8. The molecule has 0 fully saturated rings. The van der Waals surface area contributed by atoms with Crippen LogP contribution in [0, 0.1) is 12.3 Å². The molecule has 1 aromatic heterocycles. The van der Waals surface area contributed by atoms with E-state index in [0.717, 1.165) is 25.7 Å². The maximum atomic E-state index is 11.3. The van der Waals surface area contributed by atoms with E-state index in [1.807, 2.05) is 0 Å². The fourth-order valence-electron chi connectivity index (χ4n) is 2.81. The Morgan fingerprint density at radius 1 is 1.12 bits per heavy atom. The van der Waals surface area contributed by atoms with Crippen molar-refractivity contribution < 1.29 is 5.11 Å². The van der Waals surface area contributed by atoms with Crippen LogP contribution in [0.25, 0.3) is 0 Å². The smallest absolute Gasteiger partial charge is 0.183 e. The van der Waals surface area contributed by atoms with Gasteiger partial charge in [-0.2, -0.15) is 5.10 Å². The Morgan fingerprint density at radius 3 is 2.33 bits per heavy atom. The van der Waals surface area contributed by atoms with Crippen molar-refractivity contribution in [3.63, 3.8) is 0 Å². The minimum Gasteiger partial charge on any atom is -0.387 e. The van der Waals surface area contributed by atoms with Crippen LogP contribution in [0.1, 0.15) is 51.2 Å². The molecule has 4 nitrogen and oxygen atoms in total. The van der Waals surface area contributed by atoms with E-state index < -0.39 is 5.60 Å². The van der Waals surface area contributed by atoms with Gasteiger partial charge in [0.25, 0.3) is 0 Å². The number of unbranched alkanes of at least 4 members (excludes halogenated alkanes) is 1. The molecule has 1 atom stereocenters. The zero-order valence-electron chi connectivity index (χ0n) is 15.2. The average Bonchev–Trinajstić information content (AvgIpc) is 2.89. The quantitative estimate of drug-likeness (QED) is 0.586. The lowest BCUT2D eigenvalue weighted by atomic mass is 9.73. The first-order valence-corrected chi connectivity index (χ1v) is 9.01. The number of rotatable bonds is 7. The lowest BCUT2D eigenvalue weighted by Gasteiger charge is -2.40. The van der Waals surface area contributed by atoms with Gasteiger partial charge in [-0.15, -0.1) is 12.6 Å². The fourth-order valence-corrected chi connectivity index (χ4v) is 2.98. The summed E-state index contributed by atoms with van der Waals surface area (Å²) in [6.07, 6.45) is 5.28. The Hall–Kier alpha value is -1.33. The van der Waals surface area contributed by atoms with E-state index in [-0.39, 0.29) is 5.41 Å². The van der Waals surface area contributed by atoms with Crippen molar-refractivity contribution in [3.8, 4) is 0 Å². The highest BCUT2D eigenvalue weighted by Gasteiger charge is 2.40. The lowest BCUT2D eigenvalue weighted by Crippen LogP contribution is -2.46. The van der Waals surface area contributed by atoms with Gasteiger partial charge in [0.05, 0.1) is 12.1 Å². The second-order valence-corrected chi connectivity index (χ2v) is 8.09. The molecule has 2 rings (SSSR count). The number of nitrogens with zero attached hydrogens (tertiary/aromatic N) is 3. The Kier molecular flexibility index (Phi) is 6.10. The van der Waals surface area contributed by atoms with Gasteiger partial charge in [-0.25, -0.2) is 9.67 Å². The minimum atomic E-state index is -0.842. The van der Waals surface area contributed by atoms with Crippen molar-refractivity contribution in [2.45, 2.75) is 70.7 Å². The van der Waals surface area contributed by atoms with Gasteiger partial charge in [-0.05, 0) is 37.2 Å². The Labute approximate surface area is 150 Å². The highest BCUT2D eigenvalue weighted by molar-refractivity contribution is 7.80. The number of aryl methyl sites for hydroxylation is 2. The standard InChI is InChI=1S/C19H29N3OS/c1-15-8-10-16(11-9-15)7-5-6-12-19(23,18(2,3)4)13-22-17(24)20-14-21-22/h8-11,14,23H,5-7,12-13H2,1-4H3,(H,20,21,24). The molecule has 0 amide bonds. The van der Waals surface area contributed by atoms with E-state index in [9.17, 15) is 5.11 Å². The number of aliphatic hydroxyl groups is 1. The summed E-state index contributed by atoms with van der Waals surface area (Å²) in [4.78, 5) is 4.03. The van der Waals surface area contributed by atoms with Crippen LogP contribution < -0.4 is 0 Å². The molecule has 0 spiro atoms. The predicted molar refractivity (Wildman–Crippen MR) is 100 cm³/mol. The third-order valence-electron chi connectivity index (χ3n) is 4.83. The zero-order valence-corrected chi connectivity index (χ0v) is 16.1. The van der Waals surface area contributed by atoms with Crippen LogP contribution in [0.15, 0.2) is 35.7 Å². The molecule has 24 heavy (non-hydrogen) atoms. The Morgan fingerprint density at radius 2 is 1.79 bits per heavy atom. The number of aromatic nitrogens is 3. The largest absolute Gasteiger partial charge is 0.387 e. The molecule has 1 N–H and O–H groups in total. The second-order valence-electron chi connectivity index (χ2n) is 7.69. The maximum absolute atomic E-state index is 11.3. The number of thiol groups is 1. The predicted octanol–water partition coefficient (Wildman–Crippen LogP) is 4.07. The number of benzene rings is 1. The van der Waals surface area contributed by atoms with Crippen LogP contribution in [0.3, 0.4) is 0 Å². The highest BCUT2D eigenvalue weighted by Crippen LogP contribution is 2.36. The third kappa shape index (κ3) is 4.84. The molecule has 0 saturated carbocycles. The third-order valence-corrected chi connectivity index (χ3v) is 5.18. The minimum absolute atomic E-state index is 0.247. The summed E-state index contributed by atoms with van der Waals surface area (Å²) in [7, 11) is 0. The van der Waals surface area contributed by atoms with Crippen LogP contribution in [0.2, 0.25) is 0 Å². The molecular weight excluding hydrogens is 318 g/mol. The van der Waals surface area contributed by atoms with Crippen LogP contribution >= 0.6 is 12.6 Å². The van der Waals surface area contributed by atoms with Crippen molar-refractivity contribution >= 4 is 12.6 Å². The van der Waals surface area contributed by atoms with Crippen molar-refractivity contribution in [2.75, 3.05) is 0 Å². The number of hydrogen-bond donors (Lipinski definition) is 2. The van der Waals surface area contributed by atoms with Gasteiger partial charge >= 0.3 is 0 Å². The molecule has 0 aliphatic rings. The lowest BCUT2D eigenvalue weighted by molar-refractivity contribution is -0.0829. The Balaban J connectivity index is 1.94. The average molecular weight is 348 g/mol. The first-order chi connectivity index (χ1) is 11.2. The van der Waals surface area contributed by atoms with Crippen molar-refractivity contribution in [1.82, 2.24) is 14.8 Å². The van der Waals surface area contributed by atoms with Crippen molar-refractivity contribution in [2.24, 2.45) is 5.41 Å². The summed E-state index contributed by atoms with van der Waals surface area (Å²) in [5, 5.41) is 16.0. The van der Waals surface area contributed by atoms with Gasteiger partial charge in [-0.3, -0.25) is 0 Å². The van der Waals surface area contributed by atoms with Gasteiger partial charge in [0.2, 0.25) is 0 Å². The summed E-state index contributed by atoms with van der Waals surface area (Å²) >= 11 is 4.30. The molecule has 1 unspecified atom stereocenters. The molecule has 0 aliphatic heterocycles. The first kappa shape index (κ1) is 19.0. The summed E-state index contributed by atoms with van der Waals surface area (Å²) in [6, 6.07) is 8.68. The summed E-state index contributed by atoms with van der Waals surface area (Å²) in [6.45, 7) is 8.74. The SMILES string of the molecule is Cc1ccc(CCCCC(O)(Cn2ncnc2S)C(C)(C)C)cc1. The second kappa shape index (κ2) is 7.70. The molecule has 1 aromatic carbocycles. The highest BCUT2D eigenvalue weighted by atomic mass is 32.1. The van der Waals surface area contributed by atoms with Gasteiger partial charge < -0.3 is 5.11 Å². The van der Waals surface area contributed by atoms with E-state index >= 15 is 0 Å². The van der Waals surface area contributed by atoms with Gasteiger partial charge in [0.1, 0.15) is 6.33 Å². The van der Waals surface area contributed by atoms with Crippen LogP contribution in [-0.4, -0.2) is 25.5 Å². The fraction of sp³-hybridized carbons (Fsp3) is 0.579. The molecule has 2 aromatic rings. The molecule has 132 valence electrons. The summed E-state index contributed by atoms with van der Waals surface area (Å²) in [5.74, 6) is 0. The van der Waals surface area contributed by atoms with Crippen molar-refractivity contribution in [1.29, 1.82) is 0 Å². The van der Waals surface area contributed by atoms with Crippen molar-refractivity contribution in [3.05, 3.63) is 41.7 Å². The summed E-state index contributed by atoms with van der Waals surface area (Å²) < 4.78 is 1.67. The van der Waals surface area contributed by atoms with Crippen LogP contribution in [0.5, 0.6) is 0 Å².